The van der Waals surface area contributed by atoms with Gasteiger partial charge in [-0.05, 0) is 37.1 Å². The molecule has 0 saturated heterocycles. The van der Waals surface area contributed by atoms with Gasteiger partial charge < -0.3 is 5.32 Å². The third-order valence-electron chi connectivity index (χ3n) is 3.38. The van der Waals surface area contributed by atoms with Crippen LogP contribution in [-0.2, 0) is 0 Å². The molecule has 0 amide bonds. The highest BCUT2D eigenvalue weighted by Crippen LogP contribution is 2.26. The number of anilines is 1. The van der Waals surface area contributed by atoms with Crippen LogP contribution in [0.5, 0.6) is 0 Å². The van der Waals surface area contributed by atoms with Crippen molar-refractivity contribution in [3.05, 3.63) is 54.2 Å². The molecule has 0 heterocycles. The monoisotopic (exact) mass is 223 g/mol. The fourth-order valence-electron chi connectivity index (χ4n) is 2.46. The van der Waals surface area contributed by atoms with Crippen molar-refractivity contribution in [2.75, 3.05) is 5.32 Å². The molecule has 0 aromatic heterocycles. The molecule has 2 aromatic rings. The molecular weight excluding hydrogens is 206 g/mol. The van der Waals surface area contributed by atoms with Crippen molar-refractivity contribution >= 4 is 16.5 Å². The molecule has 0 aliphatic heterocycles. The van der Waals surface area contributed by atoms with Crippen LogP contribution < -0.4 is 5.32 Å². The average molecular weight is 223 g/mol. The number of hydrogen-bond acceptors (Lipinski definition) is 1. The van der Waals surface area contributed by atoms with Crippen LogP contribution in [0.25, 0.3) is 10.8 Å². The van der Waals surface area contributed by atoms with E-state index in [1.807, 2.05) is 0 Å². The first-order valence-corrected chi connectivity index (χ1v) is 6.37. The van der Waals surface area contributed by atoms with Gasteiger partial charge in [0.25, 0.3) is 0 Å². The highest BCUT2D eigenvalue weighted by molar-refractivity contribution is 5.94. The molecule has 0 atom stereocenters. The summed E-state index contributed by atoms with van der Waals surface area (Å²) in [6, 6.07) is 15.0. The number of rotatable bonds is 2. The van der Waals surface area contributed by atoms with Crippen molar-refractivity contribution in [1.82, 2.24) is 0 Å². The number of allylic oxidation sites excluding steroid dienone is 2. The summed E-state index contributed by atoms with van der Waals surface area (Å²) >= 11 is 0. The molecule has 2 aromatic carbocycles. The van der Waals surface area contributed by atoms with Gasteiger partial charge in [-0.1, -0.05) is 42.5 Å². The normalized spacial score (nSPS) is 15.6. The van der Waals surface area contributed by atoms with Crippen LogP contribution in [0.3, 0.4) is 0 Å². The van der Waals surface area contributed by atoms with E-state index >= 15 is 0 Å². The third kappa shape index (κ3) is 2.19. The molecule has 1 aliphatic rings. The Balaban J connectivity index is 1.97. The molecule has 0 fully saturated rings. The first kappa shape index (κ1) is 10.4. The van der Waals surface area contributed by atoms with Crippen molar-refractivity contribution < 1.29 is 0 Å². The summed E-state index contributed by atoms with van der Waals surface area (Å²) in [6.45, 7) is 0. The summed E-state index contributed by atoms with van der Waals surface area (Å²) in [5.41, 5.74) is 2.61. The predicted octanol–water partition coefficient (Wildman–Crippen LogP) is 4.71. The van der Waals surface area contributed by atoms with Gasteiger partial charge in [-0.2, -0.15) is 0 Å². The van der Waals surface area contributed by atoms with Gasteiger partial charge >= 0.3 is 0 Å². The average Bonchev–Trinajstić information content (AvgIpc) is 2.40. The summed E-state index contributed by atoms with van der Waals surface area (Å²) in [5.74, 6) is 0. The minimum atomic E-state index is 1.18. The number of fused-ring (bicyclic) bond motifs is 1. The summed E-state index contributed by atoms with van der Waals surface area (Å²) in [4.78, 5) is 0. The number of benzene rings is 2. The van der Waals surface area contributed by atoms with E-state index in [0.717, 1.165) is 0 Å². The molecule has 1 nitrogen and oxygen atoms in total. The van der Waals surface area contributed by atoms with Crippen LogP contribution in [0.2, 0.25) is 0 Å². The highest BCUT2D eigenvalue weighted by atomic mass is 14.9. The van der Waals surface area contributed by atoms with Crippen LogP contribution in [0, 0.1) is 0 Å². The first-order chi connectivity index (χ1) is 8.43. The van der Waals surface area contributed by atoms with E-state index in [-0.39, 0.29) is 0 Å². The Bertz CT molecular complexity index is 549. The maximum atomic E-state index is 3.58. The quantitative estimate of drug-likeness (QED) is 0.777. The Labute approximate surface area is 102 Å². The highest BCUT2D eigenvalue weighted by Gasteiger charge is 2.05. The molecular formula is C16H17N. The van der Waals surface area contributed by atoms with E-state index < -0.39 is 0 Å². The zero-order valence-corrected chi connectivity index (χ0v) is 9.95. The molecule has 1 heteroatoms. The molecule has 0 radical (unpaired) electrons. The number of hydrogen-bond donors (Lipinski definition) is 1. The maximum Gasteiger partial charge on any atom is 0.0461 e. The minimum Gasteiger partial charge on any atom is -0.359 e. The third-order valence-corrected chi connectivity index (χ3v) is 3.38. The zero-order valence-electron chi connectivity index (χ0n) is 9.95. The largest absolute Gasteiger partial charge is 0.359 e. The lowest BCUT2D eigenvalue weighted by Crippen LogP contribution is -2.03. The Kier molecular flexibility index (Phi) is 2.83. The molecule has 3 rings (SSSR count). The van der Waals surface area contributed by atoms with E-state index in [2.05, 4.69) is 53.9 Å². The molecule has 0 bridgehead atoms. The molecule has 0 spiro atoms. The topological polar surface area (TPSA) is 12.0 Å². The summed E-state index contributed by atoms with van der Waals surface area (Å²) in [7, 11) is 0. The van der Waals surface area contributed by atoms with E-state index in [1.54, 1.807) is 0 Å². The van der Waals surface area contributed by atoms with E-state index in [0.29, 0.717) is 0 Å². The van der Waals surface area contributed by atoms with E-state index in [4.69, 9.17) is 0 Å². The predicted molar refractivity (Wildman–Crippen MR) is 74.1 cm³/mol. The van der Waals surface area contributed by atoms with E-state index in [9.17, 15) is 0 Å². The van der Waals surface area contributed by atoms with Gasteiger partial charge in [0.05, 0.1) is 0 Å². The Morgan fingerprint density at radius 1 is 0.882 bits per heavy atom. The van der Waals surface area contributed by atoms with Gasteiger partial charge in [-0.15, -0.1) is 0 Å². The lowest BCUT2D eigenvalue weighted by Gasteiger charge is -2.16. The van der Waals surface area contributed by atoms with Crippen molar-refractivity contribution in [3.8, 4) is 0 Å². The molecule has 86 valence electrons. The molecule has 1 N–H and O–H groups in total. The second-order valence-electron chi connectivity index (χ2n) is 4.63. The molecule has 17 heavy (non-hydrogen) atoms. The lowest BCUT2D eigenvalue weighted by molar-refractivity contribution is 0.704. The van der Waals surface area contributed by atoms with Crippen molar-refractivity contribution in [2.24, 2.45) is 0 Å². The molecule has 0 saturated carbocycles. The SMILES string of the molecule is C1=C(Nc2cccc3ccccc23)CCCC1. The number of nitrogens with one attached hydrogen (secondary N) is 1. The summed E-state index contributed by atoms with van der Waals surface area (Å²) in [6.07, 6.45) is 7.38. The molecule has 1 aliphatic carbocycles. The van der Waals surface area contributed by atoms with Gasteiger partial charge in [-0.25, -0.2) is 0 Å². The second-order valence-corrected chi connectivity index (χ2v) is 4.63. The lowest BCUT2D eigenvalue weighted by atomic mass is 10.0. The maximum absolute atomic E-state index is 3.58. The van der Waals surface area contributed by atoms with Gasteiger partial charge in [-0.3, -0.25) is 0 Å². The van der Waals surface area contributed by atoms with Crippen LogP contribution in [0.4, 0.5) is 5.69 Å². The second kappa shape index (κ2) is 4.62. The van der Waals surface area contributed by atoms with Crippen LogP contribution in [0.15, 0.2) is 54.2 Å². The van der Waals surface area contributed by atoms with Gasteiger partial charge in [0.1, 0.15) is 0 Å². The minimum absolute atomic E-state index is 1.18. The van der Waals surface area contributed by atoms with Gasteiger partial charge in [0, 0.05) is 16.8 Å². The fraction of sp³-hybridized carbons (Fsp3) is 0.250. The smallest absolute Gasteiger partial charge is 0.0461 e. The van der Waals surface area contributed by atoms with Crippen molar-refractivity contribution in [2.45, 2.75) is 25.7 Å². The van der Waals surface area contributed by atoms with Gasteiger partial charge in [0.2, 0.25) is 0 Å². The van der Waals surface area contributed by atoms with Gasteiger partial charge in [0.15, 0.2) is 0 Å². The summed E-state index contributed by atoms with van der Waals surface area (Å²) < 4.78 is 0. The standard InChI is InChI=1S/C16H17N/c1-2-9-14(10-3-1)17-16-12-6-8-13-7-4-5-11-15(13)16/h4-9,11-12,17H,1-3,10H2. The Morgan fingerprint density at radius 3 is 2.65 bits per heavy atom. The summed E-state index contributed by atoms with van der Waals surface area (Å²) in [5, 5.41) is 6.19. The zero-order chi connectivity index (χ0) is 11.5. The molecule has 0 unspecified atom stereocenters. The van der Waals surface area contributed by atoms with E-state index in [1.165, 1.54) is 47.8 Å². The van der Waals surface area contributed by atoms with Crippen molar-refractivity contribution in [3.63, 3.8) is 0 Å². The fourth-order valence-corrected chi connectivity index (χ4v) is 2.46. The van der Waals surface area contributed by atoms with Crippen LogP contribution in [-0.4, -0.2) is 0 Å². The Morgan fingerprint density at radius 2 is 1.76 bits per heavy atom. The first-order valence-electron chi connectivity index (χ1n) is 6.37. The van der Waals surface area contributed by atoms with Crippen LogP contribution in [0.1, 0.15) is 25.7 Å². The van der Waals surface area contributed by atoms with Crippen LogP contribution >= 0.6 is 0 Å². The Hall–Kier alpha value is -1.76. The van der Waals surface area contributed by atoms with Crippen molar-refractivity contribution in [1.29, 1.82) is 0 Å².